The molecule has 5 nitrogen and oxygen atoms in total. The second-order valence-electron chi connectivity index (χ2n) is 7.92. The number of esters is 1. The van der Waals surface area contributed by atoms with Gasteiger partial charge in [0.2, 0.25) is 0 Å². The van der Waals surface area contributed by atoms with Crippen LogP contribution in [0.4, 0.5) is 0 Å². The minimum atomic E-state index is -0.439. The maximum Gasteiger partial charge on any atom is 0.313 e. The number of fused-ring (bicyclic) bond motifs is 1. The average molecular weight is 477 g/mol. The van der Waals surface area contributed by atoms with Crippen LogP contribution in [0.5, 0.6) is 5.75 Å². The molecule has 0 aliphatic carbocycles. The zero-order chi connectivity index (χ0) is 23.7. The van der Waals surface area contributed by atoms with Crippen molar-refractivity contribution >= 4 is 39.3 Å². The summed E-state index contributed by atoms with van der Waals surface area (Å²) in [6.07, 6.45) is 5.56. The lowest BCUT2D eigenvalue weighted by Gasteiger charge is -2.17. The lowest BCUT2D eigenvalue weighted by atomic mass is 9.95. The second-order valence-corrected chi connectivity index (χ2v) is 9.19. The molecule has 0 spiro atoms. The number of terminal acetylenes is 1. The largest absolute Gasteiger partial charge is 0.423 e. The number of halogens is 1. The van der Waals surface area contributed by atoms with Gasteiger partial charge in [-0.1, -0.05) is 55.6 Å². The van der Waals surface area contributed by atoms with E-state index in [1.807, 2.05) is 49.4 Å². The van der Waals surface area contributed by atoms with Crippen molar-refractivity contribution in [1.82, 2.24) is 9.55 Å². The monoisotopic (exact) mass is 476 g/mol. The Morgan fingerprint density at radius 1 is 1.21 bits per heavy atom. The maximum absolute atomic E-state index is 13.7. The Labute approximate surface area is 200 Å². The van der Waals surface area contributed by atoms with Crippen LogP contribution in [0.15, 0.2) is 52.8 Å². The molecule has 4 aromatic rings. The minimum absolute atomic E-state index is 0.0822. The zero-order valence-corrected chi connectivity index (χ0v) is 20.0. The topological polar surface area (TPSA) is 61.2 Å². The fraction of sp³-hybridized carbons (Fsp3) is 0.192. The van der Waals surface area contributed by atoms with E-state index in [-0.39, 0.29) is 29.3 Å². The summed E-state index contributed by atoms with van der Waals surface area (Å²) in [5.74, 6) is 1.90. The molecule has 0 aliphatic rings. The average Bonchev–Trinajstić information content (AvgIpc) is 3.27. The van der Waals surface area contributed by atoms with Crippen molar-refractivity contribution in [2.75, 3.05) is 0 Å². The number of nitrogens with zero attached hydrogens (tertiary/aromatic N) is 2. The van der Waals surface area contributed by atoms with Crippen molar-refractivity contribution in [2.24, 2.45) is 5.92 Å². The summed E-state index contributed by atoms with van der Waals surface area (Å²) in [6, 6.07) is 13.3. The normalized spacial score (nSPS) is 11.0. The standard InChI is InChI=1S/C26H21ClN2O3S/c1-5-12-29-24(30)21(23(32-26(31)15(2)3)22-25(29)33-14-28-22)20-13-18(7-6-16(20)4)17-8-10-19(27)11-9-17/h1,6-11,13-15H,12H2,2-4H3. The van der Waals surface area contributed by atoms with Gasteiger partial charge in [0.15, 0.2) is 5.75 Å². The molecule has 0 aliphatic heterocycles. The van der Waals surface area contributed by atoms with E-state index in [9.17, 15) is 9.59 Å². The van der Waals surface area contributed by atoms with Gasteiger partial charge < -0.3 is 4.74 Å². The van der Waals surface area contributed by atoms with Crippen molar-refractivity contribution in [3.8, 4) is 40.3 Å². The van der Waals surface area contributed by atoms with E-state index in [4.69, 9.17) is 22.8 Å². The summed E-state index contributed by atoms with van der Waals surface area (Å²) in [4.78, 5) is 31.3. The van der Waals surface area contributed by atoms with Gasteiger partial charge in [-0.15, -0.1) is 17.8 Å². The summed E-state index contributed by atoms with van der Waals surface area (Å²) in [6.45, 7) is 5.47. The van der Waals surface area contributed by atoms with Crippen LogP contribution in [0, 0.1) is 25.2 Å². The number of carbonyl (C=O) groups excluding carboxylic acids is 1. The van der Waals surface area contributed by atoms with Crippen molar-refractivity contribution in [2.45, 2.75) is 27.3 Å². The minimum Gasteiger partial charge on any atom is -0.423 e. The van der Waals surface area contributed by atoms with Crippen LogP contribution >= 0.6 is 22.9 Å². The summed E-state index contributed by atoms with van der Waals surface area (Å²) in [5, 5.41) is 0.639. The lowest BCUT2D eigenvalue weighted by molar-refractivity contribution is -0.137. The first-order valence-corrected chi connectivity index (χ1v) is 11.6. The third-order valence-electron chi connectivity index (χ3n) is 5.30. The number of hydrogen-bond acceptors (Lipinski definition) is 5. The smallest absolute Gasteiger partial charge is 0.313 e. The Kier molecular flexibility index (Phi) is 6.37. The van der Waals surface area contributed by atoms with Crippen LogP contribution in [0.3, 0.4) is 0 Å². The number of carbonyl (C=O) groups is 1. The second kappa shape index (κ2) is 9.22. The first-order valence-electron chi connectivity index (χ1n) is 10.3. The third-order valence-corrected chi connectivity index (χ3v) is 6.40. The number of hydrogen-bond donors (Lipinski definition) is 0. The van der Waals surface area contributed by atoms with E-state index >= 15 is 0 Å². The van der Waals surface area contributed by atoms with Gasteiger partial charge in [0.1, 0.15) is 10.3 Å². The molecule has 0 atom stereocenters. The van der Waals surface area contributed by atoms with Crippen molar-refractivity contribution in [3.05, 3.63) is 68.9 Å². The molecule has 33 heavy (non-hydrogen) atoms. The van der Waals surface area contributed by atoms with Crippen LogP contribution in [0.1, 0.15) is 19.4 Å². The number of aromatic nitrogens is 2. The molecule has 0 radical (unpaired) electrons. The molecule has 0 fully saturated rings. The Bertz CT molecular complexity index is 1460. The number of thiazole rings is 1. The molecule has 4 rings (SSSR count). The predicted molar refractivity (Wildman–Crippen MR) is 134 cm³/mol. The highest BCUT2D eigenvalue weighted by Crippen LogP contribution is 2.38. The highest BCUT2D eigenvalue weighted by Gasteiger charge is 2.25. The molecule has 0 bridgehead atoms. The molecule has 2 heterocycles. The summed E-state index contributed by atoms with van der Waals surface area (Å²) in [7, 11) is 0. The number of rotatable bonds is 5. The maximum atomic E-state index is 13.7. The van der Waals surface area contributed by atoms with Crippen molar-refractivity contribution in [3.63, 3.8) is 0 Å². The van der Waals surface area contributed by atoms with Crippen LogP contribution < -0.4 is 10.3 Å². The van der Waals surface area contributed by atoms with E-state index in [0.717, 1.165) is 16.7 Å². The highest BCUT2D eigenvalue weighted by molar-refractivity contribution is 7.16. The van der Waals surface area contributed by atoms with E-state index in [0.29, 0.717) is 20.9 Å². The first-order chi connectivity index (χ1) is 15.8. The molecule has 166 valence electrons. The Morgan fingerprint density at radius 2 is 1.91 bits per heavy atom. The molecule has 2 aromatic heterocycles. The molecule has 0 amide bonds. The molecule has 0 saturated heterocycles. The predicted octanol–water partition coefficient (Wildman–Crippen LogP) is 5.95. The Morgan fingerprint density at radius 3 is 2.58 bits per heavy atom. The lowest BCUT2D eigenvalue weighted by Crippen LogP contribution is -2.24. The van der Waals surface area contributed by atoms with Gasteiger partial charge in [-0.05, 0) is 47.4 Å². The van der Waals surface area contributed by atoms with Crippen LogP contribution in [-0.2, 0) is 11.3 Å². The van der Waals surface area contributed by atoms with E-state index < -0.39 is 5.97 Å². The number of benzene rings is 2. The SMILES string of the molecule is C#CCn1c(=O)c(-c2cc(-c3ccc(Cl)cc3)ccc2C)c(OC(=O)C(C)C)c2ncsc21. The Balaban J connectivity index is 2.04. The fourth-order valence-electron chi connectivity index (χ4n) is 3.53. The van der Waals surface area contributed by atoms with Crippen molar-refractivity contribution in [1.29, 1.82) is 0 Å². The molecule has 7 heteroatoms. The molecular weight excluding hydrogens is 456 g/mol. The summed E-state index contributed by atoms with van der Waals surface area (Å²) < 4.78 is 7.29. The number of pyridine rings is 1. The molecule has 0 N–H and O–H groups in total. The quantitative estimate of drug-likeness (QED) is 0.264. The van der Waals surface area contributed by atoms with Gasteiger partial charge >= 0.3 is 5.97 Å². The Hall–Kier alpha value is -3.40. The van der Waals surface area contributed by atoms with E-state index in [1.165, 1.54) is 15.9 Å². The summed E-state index contributed by atoms with van der Waals surface area (Å²) in [5.41, 5.74) is 5.35. The van der Waals surface area contributed by atoms with E-state index in [1.54, 1.807) is 19.4 Å². The van der Waals surface area contributed by atoms with Crippen molar-refractivity contribution < 1.29 is 9.53 Å². The van der Waals surface area contributed by atoms with Gasteiger partial charge in [-0.2, -0.15) is 0 Å². The zero-order valence-electron chi connectivity index (χ0n) is 18.4. The van der Waals surface area contributed by atoms with Gasteiger partial charge in [0.05, 0.1) is 23.5 Å². The fourth-order valence-corrected chi connectivity index (χ4v) is 4.45. The van der Waals surface area contributed by atoms with Gasteiger partial charge in [-0.3, -0.25) is 14.2 Å². The number of ether oxygens (including phenoxy) is 1. The molecule has 0 saturated carbocycles. The summed E-state index contributed by atoms with van der Waals surface area (Å²) >= 11 is 7.32. The highest BCUT2D eigenvalue weighted by atomic mass is 35.5. The van der Waals surface area contributed by atoms with Crippen LogP contribution in [0.2, 0.25) is 5.02 Å². The third kappa shape index (κ3) is 4.30. The molecule has 2 aromatic carbocycles. The number of aryl methyl sites for hydroxylation is 1. The van der Waals surface area contributed by atoms with Gasteiger partial charge in [0, 0.05) is 5.02 Å². The van der Waals surface area contributed by atoms with Gasteiger partial charge in [0.25, 0.3) is 5.56 Å². The molecule has 0 unspecified atom stereocenters. The van der Waals surface area contributed by atoms with Crippen LogP contribution in [0.25, 0.3) is 32.6 Å². The van der Waals surface area contributed by atoms with E-state index in [2.05, 4.69) is 10.9 Å². The van der Waals surface area contributed by atoms with Crippen LogP contribution in [-0.4, -0.2) is 15.5 Å². The van der Waals surface area contributed by atoms with Gasteiger partial charge in [-0.25, -0.2) is 4.98 Å². The molecular formula is C26H21ClN2O3S. The first kappa shape index (κ1) is 22.8.